The van der Waals surface area contributed by atoms with Gasteiger partial charge in [0.15, 0.2) is 0 Å². The molecule has 1 heterocycles. The zero-order valence-corrected chi connectivity index (χ0v) is 15.9. The van der Waals surface area contributed by atoms with Gasteiger partial charge >= 0.3 is 0 Å². The Morgan fingerprint density at radius 3 is 2.72 bits per heavy atom. The van der Waals surface area contributed by atoms with Gasteiger partial charge in [-0.25, -0.2) is 13.1 Å². The molecule has 1 aromatic heterocycles. The van der Waals surface area contributed by atoms with E-state index in [1.807, 2.05) is 18.2 Å². The van der Waals surface area contributed by atoms with Crippen molar-refractivity contribution in [2.24, 2.45) is 5.92 Å². The van der Waals surface area contributed by atoms with Crippen molar-refractivity contribution in [1.29, 1.82) is 0 Å². The van der Waals surface area contributed by atoms with Crippen molar-refractivity contribution >= 4 is 38.2 Å². The second-order valence-corrected chi connectivity index (χ2v) is 9.10. The monoisotopic (exact) mass is 381 g/mol. The number of hydrogen-bond acceptors (Lipinski definition) is 4. The molecule has 2 N–H and O–H groups in total. The number of aromatic nitrogens is 1. The van der Waals surface area contributed by atoms with Crippen LogP contribution in [0.25, 0.3) is 10.9 Å². The first-order chi connectivity index (χ1) is 12.0. The van der Waals surface area contributed by atoms with Crippen LogP contribution in [0.15, 0.2) is 30.5 Å². The lowest BCUT2D eigenvalue weighted by Gasteiger charge is -2.29. The molecule has 7 heteroatoms. The van der Waals surface area contributed by atoms with Crippen molar-refractivity contribution in [3.8, 4) is 0 Å². The van der Waals surface area contributed by atoms with E-state index in [1.165, 1.54) is 0 Å². The quantitative estimate of drug-likeness (QED) is 0.798. The SMILES string of the molecule is CCS(=O)(=O)N[C@H]1CC[C@H](CNc2cc(Cl)c3ncccc3c2)CC1. The highest BCUT2D eigenvalue weighted by Gasteiger charge is 2.24. The van der Waals surface area contributed by atoms with Gasteiger partial charge in [-0.15, -0.1) is 0 Å². The first kappa shape index (κ1) is 18.4. The Kier molecular flexibility index (Phi) is 5.81. The van der Waals surface area contributed by atoms with Crippen molar-refractivity contribution < 1.29 is 8.42 Å². The summed E-state index contributed by atoms with van der Waals surface area (Å²) in [5.41, 5.74) is 1.82. The summed E-state index contributed by atoms with van der Waals surface area (Å²) in [6.45, 7) is 2.54. The van der Waals surface area contributed by atoms with Crippen LogP contribution in [-0.4, -0.2) is 31.7 Å². The normalized spacial score (nSPS) is 21.4. The molecular weight excluding hydrogens is 358 g/mol. The smallest absolute Gasteiger partial charge is 0.211 e. The number of fused-ring (bicyclic) bond motifs is 1. The Bertz CT molecular complexity index is 833. The van der Waals surface area contributed by atoms with Crippen LogP contribution in [0.4, 0.5) is 5.69 Å². The summed E-state index contributed by atoms with van der Waals surface area (Å²) in [5.74, 6) is 0.692. The molecule has 136 valence electrons. The Hall–Kier alpha value is -1.37. The first-order valence-electron chi connectivity index (χ1n) is 8.75. The third-order valence-corrected chi connectivity index (χ3v) is 6.57. The van der Waals surface area contributed by atoms with Crippen LogP contribution in [0.5, 0.6) is 0 Å². The highest BCUT2D eigenvalue weighted by Crippen LogP contribution is 2.28. The van der Waals surface area contributed by atoms with Gasteiger partial charge in [0.2, 0.25) is 10.0 Å². The van der Waals surface area contributed by atoms with Gasteiger partial charge in [-0.2, -0.15) is 0 Å². The maximum atomic E-state index is 11.7. The molecule has 0 unspecified atom stereocenters. The molecule has 1 aromatic carbocycles. The second kappa shape index (κ2) is 7.89. The maximum absolute atomic E-state index is 11.7. The molecule has 0 bridgehead atoms. The van der Waals surface area contributed by atoms with Crippen LogP contribution >= 0.6 is 11.6 Å². The van der Waals surface area contributed by atoms with Gasteiger partial charge in [0.25, 0.3) is 0 Å². The third kappa shape index (κ3) is 4.84. The minimum absolute atomic E-state index is 0.0855. The van der Waals surface area contributed by atoms with E-state index >= 15 is 0 Å². The largest absolute Gasteiger partial charge is 0.385 e. The first-order valence-corrected chi connectivity index (χ1v) is 10.8. The van der Waals surface area contributed by atoms with Crippen molar-refractivity contribution in [2.75, 3.05) is 17.6 Å². The molecule has 0 aliphatic heterocycles. The summed E-state index contributed by atoms with van der Waals surface area (Å²) in [7, 11) is -3.10. The van der Waals surface area contributed by atoms with Gasteiger partial charge < -0.3 is 5.32 Å². The van der Waals surface area contributed by atoms with E-state index in [0.29, 0.717) is 10.9 Å². The van der Waals surface area contributed by atoms with E-state index < -0.39 is 10.0 Å². The average molecular weight is 382 g/mol. The lowest BCUT2D eigenvalue weighted by atomic mass is 9.86. The number of anilines is 1. The Labute approximate surface area is 154 Å². The summed E-state index contributed by atoms with van der Waals surface area (Å²) in [5, 5.41) is 5.15. The lowest BCUT2D eigenvalue weighted by molar-refractivity contribution is 0.324. The molecule has 3 rings (SSSR count). The number of sulfonamides is 1. The van der Waals surface area contributed by atoms with Gasteiger partial charge in [0.05, 0.1) is 16.3 Å². The number of nitrogens with zero attached hydrogens (tertiary/aromatic N) is 1. The topological polar surface area (TPSA) is 71.1 Å². The van der Waals surface area contributed by atoms with Crippen LogP contribution in [0.3, 0.4) is 0 Å². The highest BCUT2D eigenvalue weighted by molar-refractivity contribution is 7.89. The van der Waals surface area contributed by atoms with Crippen LogP contribution in [0.1, 0.15) is 32.6 Å². The fourth-order valence-electron chi connectivity index (χ4n) is 3.33. The van der Waals surface area contributed by atoms with Gasteiger partial charge in [-0.3, -0.25) is 4.98 Å². The summed E-state index contributed by atoms with van der Waals surface area (Å²) in [6, 6.07) is 7.97. The molecule has 1 aliphatic rings. The third-order valence-electron chi connectivity index (χ3n) is 4.83. The number of halogens is 1. The molecule has 0 saturated heterocycles. The second-order valence-electron chi connectivity index (χ2n) is 6.65. The number of pyridine rings is 1. The van der Waals surface area contributed by atoms with Crippen molar-refractivity contribution in [2.45, 2.75) is 38.6 Å². The zero-order valence-electron chi connectivity index (χ0n) is 14.3. The summed E-state index contributed by atoms with van der Waals surface area (Å²) >= 11 is 6.31. The van der Waals surface area contributed by atoms with Crippen molar-refractivity contribution in [1.82, 2.24) is 9.71 Å². The molecule has 5 nitrogen and oxygen atoms in total. The fraction of sp³-hybridized carbons (Fsp3) is 0.500. The van der Waals surface area contributed by atoms with Crippen LogP contribution < -0.4 is 10.0 Å². The molecule has 0 radical (unpaired) electrons. The van der Waals surface area contributed by atoms with Gasteiger partial charge in [-0.1, -0.05) is 17.7 Å². The van der Waals surface area contributed by atoms with Gasteiger partial charge in [0, 0.05) is 29.9 Å². The summed E-state index contributed by atoms with van der Waals surface area (Å²) < 4.78 is 26.1. The molecule has 1 saturated carbocycles. The van der Waals surface area contributed by atoms with Crippen LogP contribution in [0, 0.1) is 5.92 Å². The molecule has 0 amide bonds. The highest BCUT2D eigenvalue weighted by atomic mass is 35.5. The van der Waals surface area contributed by atoms with E-state index in [-0.39, 0.29) is 11.8 Å². The molecule has 25 heavy (non-hydrogen) atoms. The van der Waals surface area contributed by atoms with Gasteiger partial charge in [-0.05, 0) is 56.7 Å². The molecule has 2 aromatic rings. The van der Waals surface area contributed by atoms with Crippen molar-refractivity contribution in [3.63, 3.8) is 0 Å². The Balaban J connectivity index is 1.53. The minimum atomic E-state index is -3.10. The van der Waals surface area contributed by atoms with Gasteiger partial charge in [0.1, 0.15) is 0 Å². The zero-order chi connectivity index (χ0) is 17.9. The van der Waals surface area contributed by atoms with E-state index in [0.717, 1.165) is 48.8 Å². The standard InChI is InChI=1S/C18H24ClN3O2S/c1-2-25(23,24)22-15-7-5-13(6-8-15)12-21-16-10-14-4-3-9-20-18(14)17(19)11-16/h3-4,9-11,13,15,21-22H,2,5-8,12H2,1H3/t13-,15-. The maximum Gasteiger partial charge on any atom is 0.211 e. The summed E-state index contributed by atoms with van der Waals surface area (Å²) in [6.07, 6.45) is 5.58. The Morgan fingerprint density at radius 1 is 1.24 bits per heavy atom. The van der Waals surface area contributed by atoms with Crippen LogP contribution in [-0.2, 0) is 10.0 Å². The average Bonchev–Trinajstić information content (AvgIpc) is 2.61. The van der Waals surface area contributed by atoms with E-state index in [2.05, 4.69) is 21.1 Å². The van der Waals surface area contributed by atoms with Crippen LogP contribution in [0.2, 0.25) is 5.02 Å². The van der Waals surface area contributed by atoms with E-state index in [1.54, 1.807) is 13.1 Å². The predicted octanol–water partition coefficient (Wildman–Crippen LogP) is 3.80. The van der Waals surface area contributed by atoms with E-state index in [4.69, 9.17) is 11.6 Å². The minimum Gasteiger partial charge on any atom is -0.385 e. The number of hydrogen-bond donors (Lipinski definition) is 2. The number of rotatable bonds is 6. The molecule has 1 fully saturated rings. The molecule has 0 atom stereocenters. The number of benzene rings is 1. The molecule has 1 aliphatic carbocycles. The molecule has 0 spiro atoms. The summed E-state index contributed by atoms with van der Waals surface area (Å²) in [4.78, 5) is 4.30. The molecular formula is C18H24ClN3O2S. The fourth-order valence-corrected chi connectivity index (χ4v) is 4.52. The van der Waals surface area contributed by atoms with E-state index in [9.17, 15) is 8.42 Å². The lowest BCUT2D eigenvalue weighted by Crippen LogP contribution is -2.39. The Morgan fingerprint density at radius 2 is 2.00 bits per heavy atom. The predicted molar refractivity (Wildman–Crippen MR) is 104 cm³/mol. The number of nitrogens with one attached hydrogen (secondary N) is 2. The van der Waals surface area contributed by atoms with Crippen molar-refractivity contribution in [3.05, 3.63) is 35.5 Å².